The van der Waals surface area contributed by atoms with Gasteiger partial charge in [0.2, 0.25) is 0 Å². The maximum Gasteiger partial charge on any atom is 0.256 e. The largest absolute Gasteiger partial charge is 0.399 e. The van der Waals surface area contributed by atoms with Gasteiger partial charge in [0.25, 0.3) is 5.91 Å². The van der Waals surface area contributed by atoms with E-state index in [0.717, 1.165) is 44.0 Å². The smallest absolute Gasteiger partial charge is 0.256 e. The van der Waals surface area contributed by atoms with Crippen molar-refractivity contribution in [3.63, 3.8) is 0 Å². The normalized spacial score (nSPS) is 15.9. The number of rotatable bonds is 4. The molecule has 3 N–H and O–H groups in total. The molecule has 1 fully saturated rings. The molecule has 1 amide bonds. The van der Waals surface area contributed by atoms with Crippen LogP contribution in [0.5, 0.6) is 0 Å². The Morgan fingerprint density at radius 1 is 1.12 bits per heavy atom. The molecule has 132 valence electrons. The third kappa shape index (κ3) is 4.59. The molecule has 0 spiro atoms. The Bertz CT molecular complexity index is 751. The molecule has 2 aromatic rings. The van der Waals surface area contributed by atoms with Crippen LogP contribution in [0.3, 0.4) is 0 Å². The zero-order valence-electron chi connectivity index (χ0n) is 15.0. The van der Waals surface area contributed by atoms with Crippen LogP contribution in [-0.2, 0) is 6.54 Å². The summed E-state index contributed by atoms with van der Waals surface area (Å²) in [4.78, 5) is 17.3. The van der Waals surface area contributed by atoms with E-state index in [1.165, 1.54) is 5.56 Å². The lowest BCUT2D eigenvalue weighted by Crippen LogP contribution is -2.43. The van der Waals surface area contributed by atoms with E-state index in [9.17, 15) is 4.79 Å². The lowest BCUT2D eigenvalue weighted by molar-refractivity contribution is 0.102. The summed E-state index contributed by atoms with van der Waals surface area (Å²) in [5, 5.41) is 2.99. The molecule has 2 aromatic carbocycles. The second-order valence-corrected chi connectivity index (χ2v) is 6.81. The van der Waals surface area contributed by atoms with Crippen LogP contribution in [0, 0.1) is 6.92 Å². The first-order valence-electron chi connectivity index (χ1n) is 8.68. The van der Waals surface area contributed by atoms with Gasteiger partial charge in [-0.25, -0.2) is 0 Å². The second-order valence-electron chi connectivity index (χ2n) is 6.81. The van der Waals surface area contributed by atoms with Crippen LogP contribution >= 0.6 is 0 Å². The van der Waals surface area contributed by atoms with Crippen molar-refractivity contribution in [1.82, 2.24) is 9.80 Å². The Labute approximate surface area is 149 Å². The molecule has 0 radical (unpaired) electrons. The molecule has 3 rings (SSSR count). The number of benzene rings is 2. The number of amides is 1. The fourth-order valence-corrected chi connectivity index (χ4v) is 3.09. The van der Waals surface area contributed by atoms with Gasteiger partial charge in [-0.3, -0.25) is 9.69 Å². The number of hydrogen-bond acceptors (Lipinski definition) is 4. The van der Waals surface area contributed by atoms with Crippen LogP contribution in [0.25, 0.3) is 0 Å². The summed E-state index contributed by atoms with van der Waals surface area (Å²) < 4.78 is 0. The predicted molar refractivity (Wildman–Crippen MR) is 103 cm³/mol. The number of nitrogen functional groups attached to an aromatic ring is 1. The highest BCUT2D eigenvalue weighted by Crippen LogP contribution is 2.17. The molecule has 5 nitrogen and oxygen atoms in total. The molecular weight excluding hydrogens is 312 g/mol. The Morgan fingerprint density at radius 2 is 1.88 bits per heavy atom. The standard InChI is InChI=1S/C20H26N4O/c1-15-6-7-17(21)13-19(15)20(25)22-18-5-3-4-16(12-18)14-24-10-8-23(2)9-11-24/h3-7,12-13H,8-11,14,21H2,1-2H3,(H,22,25). The quantitative estimate of drug-likeness (QED) is 0.841. The lowest BCUT2D eigenvalue weighted by Gasteiger charge is -2.32. The summed E-state index contributed by atoms with van der Waals surface area (Å²) in [6, 6.07) is 13.5. The van der Waals surface area contributed by atoms with Crippen LogP contribution in [0.2, 0.25) is 0 Å². The maximum atomic E-state index is 12.5. The van der Waals surface area contributed by atoms with Crippen LogP contribution in [0.15, 0.2) is 42.5 Å². The Balaban J connectivity index is 1.67. The summed E-state index contributed by atoms with van der Waals surface area (Å²) in [6.45, 7) is 7.19. The first-order valence-corrected chi connectivity index (χ1v) is 8.68. The van der Waals surface area contributed by atoms with Gasteiger partial charge in [-0.2, -0.15) is 0 Å². The van der Waals surface area contributed by atoms with E-state index >= 15 is 0 Å². The average molecular weight is 338 g/mol. The predicted octanol–water partition coefficient (Wildman–Crippen LogP) is 2.58. The molecule has 0 aliphatic carbocycles. The molecule has 0 atom stereocenters. The van der Waals surface area contributed by atoms with Crippen molar-refractivity contribution in [3.05, 3.63) is 59.2 Å². The summed E-state index contributed by atoms with van der Waals surface area (Å²) in [7, 11) is 2.16. The summed E-state index contributed by atoms with van der Waals surface area (Å²) in [6.07, 6.45) is 0. The third-order valence-electron chi connectivity index (χ3n) is 4.69. The SMILES string of the molecule is Cc1ccc(N)cc1C(=O)Nc1cccc(CN2CCN(C)CC2)c1. The monoisotopic (exact) mass is 338 g/mol. The Kier molecular flexibility index (Phi) is 5.36. The molecule has 0 unspecified atom stereocenters. The summed E-state index contributed by atoms with van der Waals surface area (Å²) >= 11 is 0. The van der Waals surface area contributed by atoms with Gasteiger partial charge in [0.1, 0.15) is 0 Å². The number of nitrogens with zero attached hydrogens (tertiary/aromatic N) is 2. The molecule has 0 aromatic heterocycles. The molecule has 1 aliphatic rings. The highest BCUT2D eigenvalue weighted by atomic mass is 16.1. The number of nitrogens with one attached hydrogen (secondary N) is 1. The minimum Gasteiger partial charge on any atom is -0.399 e. The fraction of sp³-hybridized carbons (Fsp3) is 0.350. The van der Waals surface area contributed by atoms with E-state index in [-0.39, 0.29) is 5.91 Å². The van der Waals surface area contributed by atoms with E-state index < -0.39 is 0 Å². The van der Waals surface area contributed by atoms with Gasteiger partial charge in [-0.15, -0.1) is 0 Å². The van der Waals surface area contributed by atoms with Crippen LogP contribution in [0.4, 0.5) is 11.4 Å². The number of aryl methyl sites for hydroxylation is 1. The van der Waals surface area contributed by atoms with Crippen LogP contribution < -0.4 is 11.1 Å². The average Bonchev–Trinajstić information content (AvgIpc) is 2.59. The maximum absolute atomic E-state index is 12.5. The van der Waals surface area contributed by atoms with Crippen molar-refractivity contribution in [2.75, 3.05) is 44.3 Å². The molecule has 0 bridgehead atoms. The lowest BCUT2D eigenvalue weighted by atomic mass is 10.1. The van der Waals surface area contributed by atoms with Gasteiger partial charge in [0.05, 0.1) is 0 Å². The van der Waals surface area contributed by atoms with Gasteiger partial charge < -0.3 is 16.0 Å². The topological polar surface area (TPSA) is 61.6 Å². The fourth-order valence-electron chi connectivity index (χ4n) is 3.09. The zero-order valence-corrected chi connectivity index (χ0v) is 15.0. The summed E-state index contributed by atoms with van der Waals surface area (Å²) in [5.41, 5.74) is 9.97. The molecule has 1 saturated heterocycles. The van der Waals surface area contributed by atoms with Crippen molar-refractivity contribution < 1.29 is 4.79 Å². The van der Waals surface area contributed by atoms with Crippen LogP contribution in [-0.4, -0.2) is 48.9 Å². The first-order chi connectivity index (χ1) is 12.0. The molecular formula is C20H26N4O. The Hall–Kier alpha value is -2.37. The van der Waals surface area contributed by atoms with Gasteiger partial charge in [0, 0.05) is 49.7 Å². The molecule has 0 saturated carbocycles. The van der Waals surface area contributed by atoms with Gasteiger partial charge in [-0.05, 0) is 49.4 Å². The van der Waals surface area contributed by atoms with E-state index in [4.69, 9.17) is 5.73 Å². The highest BCUT2D eigenvalue weighted by molar-refractivity contribution is 6.05. The number of carbonyl (C=O) groups is 1. The summed E-state index contributed by atoms with van der Waals surface area (Å²) in [5.74, 6) is -0.124. The van der Waals surface area contributed by atoms with E-state index in [0.29, 0.717) is 11.3 Å². The van der Waals surface area contributed by atoms with Crippen molar-refractivity contribution in [1.29, 1.82) is 0 Å². The van der Waals surface area contributed by atoms with E-state index in [1.807, 2.05) is 31.2 Å². The van der Waals surface area contributed by atoms with Crippen LogP contribution in [0.1, 0.15) is 21.5 Å². The third-order valence-corrected chi connectivity index (χ3v) is 4.69. The molecule has 25 heavy (non-hydrogen) atoms. The minimum atomic E-state index is -0.124. The number of nitrogens with two attached hydrogens (primary N) is 1. The molecule has 1 aliphatic heterocycles. The van der Waals surface area contributed by atoms with E-state index in [1.54, 1.807) is 6.07 Å². The van der Waals surface area contributed by atoms with Crippen molar-refractivity contribution in [2.45, 2.75) is 13.5 Å². The minimum absolute atomic E-state index is 0.124. The number of anilines is 2. The number of hydrogen-bond donors (Lipinski definition) is 2. The zero-order chi connectivity index (χ0) is 17.8. The van der Waals surface area contributed by atoms with E-state index in [2.05, 4.69) is 34.3 Å². The van der Waals surface area contributed by atoms with Gasteiger partial charge >= 0.3 is 0 Å². The highest BCUT2D eigenvalue weighted by Gasteiger charge is 2.14. The van der Waals surface area contributed by atoms with Gasteiger partial charge in [0.15, 0.2) is 0 Å². The number of carbonyl (C=O) groups excluding carboxylic acids is 1. The number of piperazine rings is 1. The van der Waals surface area contributed by atoms with Crippen molar-refractivity contribution in [3.8, 4) is 0 Å². The second kappa shape index (κ2) is 7.68. The van der Waals surface area contributed by atoms with Crippen molar-refractivity contribution >= 4 is 17.3 Å². The molecule has 5 heteroatoms. The van der Waals surface area contributed by atoms with Gasteiger partial charge in [-0.1, -0.05) is 18.2 Å². The first kappa shape index (κ1) is 17.5. The number of likely N-dealkylation sites (N-methyl/N-ethyl adjacent to an activating group) is 1. The van der Waals surface area contributed by atoms with Crippen molar-refractivity contribution in [2.24, 2.45) is 0 Å². The molecule has 1 heterocycles. The Morgan fingerprint density at radius 3 is 2.64 bits per heavy atom.